The van der Waals surface area contributed by atoms with Gasteiger partial charge in [0.15, 0.2) is 0 Å². The van der Waals surface area contributed by atoms with E-state index in [4.69, 9.17) is 5.26 Å². The first-order valence-electron chi connectivity index (χ1n) is 5.58. The summed E-state index contributed by atoms with van der Waals surface area (Å²) in [5, 5.41) is 8.81. The maximum absolute atomic E-state index is 11.7. The van der Waals surface area contributed by atoms with E-state index >= 15 is 0 Å². The van der Waals surface area contributed by atoms with Crippen LogP contribution in [-0.2, 0) is 4.79 Å². The largest absolute Gasteiger partial charge is 0.337 e. The zero-order chi connectivity index (χ0) is 10.8. The maximum Gasteiger partial charge on any atom is 0.224 e. The lowest BCUT2D eigenvalue weighted by molar-refractivity contribution is -0.130. The molecule has 2 rings (SSSR count). The lowest BCUT2D eigenvalue weighted by Crippen LogP contribution is -2.47. The third kappa shape index (κ3) is 2.13. The summed E-state index contributed by atoms with van der Waals surface area (Å²) in [6, 6.07) is 2.54. The van der Waals surface area contributed by atoms with Crippen molar-refractivity contribution in [2.45, 2.75) is 25.3 Å². The smallest absolute Gasteiger partial charge is 0.224 e. The first-order valence-corrected chi connectivity index (χ1v) is 5.58. The quantitative estimate of drug-likeness (QED) is 0.627. The van der Waals surface area contributed by atoms with Crippen LogP contribution in [-0.4, -0.2) is 48.4 Å². The molecule has 4 heteroatoms. The summed E-state index contributed by atoms with van der Waals surface area (Å²) < 4.78 is 0. The topological polar surface area (TPSA) is 47.3 Å². The number of rotatable bonds is 1. The molecule has 2 saturated heterocycles. The fourth-order valence-electron chi connectivity index (χ4n) is 2.56. The predicted molar refractivity (Wildman–Crippen MR) is 56.0 cm³/mol. The molecule has 0 spiro atoms. The molecule has 2 aliphatic rings. The van der Waals surface area contributed by atoms with E-state index in [0.717, 1.165) is 25.9 Å². The molecule has 0 saturated carbocycles. The van der Waals surface area contributed by atoms with Gasteiger partial charge in [-0.1, -0.05) is 0 Å². The molecule has 2 unspecified atom stereocenters. The number of amides is 1. The van der Waals surface area contributed by atoms with Gasteiger partial charge in [-0.3, -0.25) is 4.79 Å². The molecule has 4 nitrogen and oxygen atoms in total. The minimum Gasteiger partial charge on any atom is -0.337 e. The lowest BCUT2D eigenvalue weighted by atomic mass is 10.1. The van der Waals surface area contributed by atoms with E-state index in [9.17, 15) is 4.79 Å². The molecule has 0 aromatic heterocycles. The van der Waals surface area contributed by atoms with Gasteiger partial charge in [-0.2, -0.15) is 5.26 Å². The third-order valence-corrected chi connectivity index (χ3v) is 3.38. The number of hydrogen-bond donors (Lipinski definition) is 0. The highest BCUT2D eigenvalue weighted by molar-refractivity contribution is 5.79. The molecule has 0 radical (unpaired) electrons. The van der Waals surface area contributed by atoms with Gasteiger partial charge in [0.1, 0.15) is 0 Å². The highest BCUT2D eigenvalue weighted by Gasteiger charge is 2.35. The van der Waals surface area contributed by atoms with E-state index in [2.05, 4.69) is 18.0 Å². The summed E-state index contributed by atoms with van der Waals surface area (Å²) in [4.78, 5) is 15.9. The zero-order valence-electron chi connectivity index (χ0n) is 9.15. The second-order valence-corrected chi connectivity index (χ2v) is 4.63. The van der Waals surface area contributed by atoms with Crippen LogP contribution in [0.5, 0.6) is 0 Å². The van der Waals surface area contributed by atoms with Gasteiger partial charge in [-0.05, 0) is 26.4 Å². The molecule has 0 aliphatic carbocycles. The Kier molecular flexibility index (Phi) is 2.92. The van der Waals surface area contributed by atoms with Crippen LogP contribution in [0.1, 0.15) is 19.3 Å². The molecular weight excluding hydrogens is 190 g/mol. The first kappa shape index (κ1) is 10.4. The Morgan fingerprint density at radius 3 is 2.87 bits per heavy atom. The second kappa shape index (κ2) is 4.19. The Bertz CT molecular complexity index is 297. The Hall–Kier alpha value is -1.08. The van der Waals surface area contributed by atoms with Gasteiger partial charge in [0, 0.05) is 25.6 Å². The fraction of sp³-hybridized carbons (Fsp3) is 0.818. The van der Waals surface area contributed by atoms with E-state index in [1.807, 2.05) is 4.90 Å². The molecule has 2 fully saturated rings. The SMILES string of the molecule is CN1CCCC(N2CC(C#N)CC2=O)C1. The Morgan fingerprint density at radius 2 is 2.27 bits per heavy atom. The van der Waals surface area contributed by atoms with E-state index in [1.54, 1.807) is 0 Å². The average molecular weight is 207 g/mol. The summed E-state index contributed by atoms with van der Waals surface area (Å²) in [6.45, 7) is 2.73. The van der Waals surface area contributed by atoms with Crippen molar-refractivity contribution in [2.24, 2.45) is 5.92 Å². The van der Waals surface area contributed by atoms with Crippen molar-refractivity contribution in [3.63, 3.8) is 0 Å². The summed E-state index contributed by atoms with van der Waals surface area (Å²) in [5.74, 6) is 0.0894. The number of nitrogens with zero attached hydrogens (tertiary/aromatic N) is 3. The van der Waals surface area contributed by atoms with Crippen LogP contribution in [0.3, 0.4) is 0 Å². The number of likely N-dealkylation sites (N-methyl/N-ethyl adjacent to an activating group) is 1. The second-order valence-electron chi connectivity index (χ2n) is 4.63. The molecule has 1 amide bonds. The minimum atomic E-state index is -0.0790. The average Bonchev–Trinajstić information content (AvgIpc) is 2.60. The molecule has 0 aromatic carbocycles. The van der Waals surface area contributed by atoms with Crippen LogP contribution >= 0.6 is 0 Å². The number of carbonyl (C=O) groups excluding carboxylic acids is 1. The monoisotopic (exact) mass is 207 g/mol. The third-order valence-electron chi connectivity index (χ3n) is 3.38. The van der Waals surface area contributed by atoms with E-state index in [1.165, 1.54) is 0 Å². The summed E-state index contributed by atoms with van der Waals surface area (Å²) in [7, 11) is 2.09. The zero-order valence-corrected chi connectivity index (χ0v) is 9.15. The van der Waals surface area contributed by atoms with Gasteiger partial charge in [-0.25, -0.2) is 0 Å². The molecule has 82 valence electrons. The van der Waals surface area contributed by atoms with Gasteiger partial charge < -0.3 is 9.80 Å². The highest BCUT2D eigenvalue weighted by atomic mass is 16.2. The van der Waals surface area contributed by atoms with E-state index in [0.29, 0.717) is 19.0 Å². The standard InChI is InChI=1S/C11H17N3O/c1-13-4-2-3-10(8-13)14-7-9(6-12)5-11(14)15/h9-10H,2-5,7-8H2,1H3. The molecule has 0 bridgehead atoms. The van der Waals surface area contributed by atoms with Crippen molar-refractivity contribution < 1.29 is 4.79 Å². The molecule has 2 aliphatic heterocycles. The van der Waals surface area contributed by atoms with Crippen LogP contribution < -0.4 is 0 Å². The molecule has 2 heterocycles. The van der Waals surface area contributed by atoms with Crippen LogP contribution in [0.2, 0.25) is 0 Å². The van der Waals surface area contributed by atoms with Crippen molar-refractivity contribution in [2.75, 3.05) is 26.7 Å². The normalized spacial score (nSPS) is 33.1. The molecule has 0 N–H and O–H groups in total. The van der Waals surface area contributed by atoms with E-state index in [-0.39, 0.29) is 11.8 Å². The summed E-state index contributed by atoms with van der Waals surface area (Å²) >= 11 is 0. The van der Waals surface area contributed by atoms with Gasteiger partial charge >= 0.3 is 0 Å². The molecule has 0 aromatic rings. The van der Waals surface area contributed by atoms with Crippen LogP contribution in [0.15, 0.2) is 0 Å². The van der Waals surface area contributed by atoms with Crippen molar-refractivity contribution in [1.82, 2.24) is 9.80 Å². The van der Waals surface area contributed by atoms with Gasteiger partial charge in [-0.15, -0.1) is 0 Å². The number of piperidine rings is 1. The Morgan fingerprint density at radius 1 is 1.47 bits per heavy atom. The number of likely N-dealkylation sites (tertiary alicyclic amines) is 2. The molecular formula is C11H17N3O. The Labute approximate surface area is 90.5 Å². The number of nitriles is 1. The van der Waals surface area contributed by atoms with Crippen molar-refractivity contribution >= 4 is 5.91 Å². The predicted octanol–water partition coefficient (Wildman–Crippen LogP) is 0.453. The van der Waals surface area contributed by atoms with Gasteiger partial charge in [0.2, 0.25) is 5.91 Å². The van der Waals surface area contributed by atoms with Crippen LogP contribution in [0.4, 0.5) is 0 Å². The van der Waals surface area contributed by atoms with Gasteiger partial charge in [0.25, 0.3) is 0 Å². The fourth-order valence-corrected chi connectivity index (χ4v) is 2.56. The van der Waals surface area contributed by atoms with Crippen molar-refractivity contribution in [3.8, 4) is 6.07 Å². The Balaban J connectivity index is 1.99. The van der Waals surface area contributed by atoms with Crippen molar-refractivity contribution in [3.05, 3.63) is 0 Å². The molecule has 2 atom stereocenters. The van der Waals surface area contributed by atoms with Crippen LogP contribution in [0, 0.1) is 17.2 Å². The number of carbonyl (C=O) groups is 1. The summed E-state index contributed by atoms with van der Waals surface area (Å²) in [6.07, 6.45) is 2.67. The maximum atomic E-state index is 11.7. The summed E-state index contributed by atoms with van der Waals surface area (Å²) in [5.41, 5.74) is 0. The van der Waals surface area contributed by atoms with Gasteiger partial charge in [0.05, 0.1) is 12.0 Å². The lowest BCUT2D eigenvalue weighted by Gasteiger charge is -2.35. The molecule has 15 heavy (non-hydrogen) atoms. The first-order chi connectivity index (χ1) is 7.20. The highest BCUT2D eigenvalue weighted by Crippen LogP contribution is 2.23. The van der Waals surface area contributed by atoms with E-state index < -0.39 is 0 Å². The minimum absolute atomic E-state index is 0.0790. The van der Waals surface area contributed by atoms with Crippen LogP contribution in [0.25, 0.3) is 0 Å². The number of hydrogen-bond acceptors (Lipinski definition) is 3. The van der Waals surface area contributed by atoms with Crippen molar-refractivity contribution in [1.29, 1.82) is 5.26 Å².